The average Bonchev–Trinajstić information content (AvgIpc) is 3.38. The Balaban J connectivity index is 1.56. The highest BCUT2D eigenvalue weighted by Gasteiger charge is 2.61. The first-order chi connectivity index (χ1) is 16.1. The van der Waals surface area contributed by atoms with Crippen LogP contribution in [0.2, 0.25) is 0 Å². The number of alkyl halides is 3. The lowest BCUT2D eigenvalue weighted by molar-refractivity contribution is -0.137. The standard InChI is InChI=1S/C25H21F3N2O4/c1-23-9-10-24(34-23,11-12-33-17-5-3-2-4-6-17)20-19(23)21(31)30(22(20)32)16-8-7-15(14-29)18(13-16)25(26,27)28/h2-8,13,31-32H,9-12H2,1H3/t23-,24-/m0/s1. The number of aromatic hydroxyl groups is 2. The fourth-order valence-corrected chi connectivity index (χ4v) is 5.21. The Kier molecular flexibility index (Phi) is 4.85. The molecule has 0 spiro atoms. The Morgan fingerprint density at radius 1 is 1.09 bits per heavy atom. The zero-order valence-corrected chi connectivity index (χ0v) is 18.2. The number of hydrogen-bond donors (Lipinski definition) is 2. The van der Waals surface area contributed by atoms with Crippen molar-refractivity contribution in [3.8, 4) is 29.3 Å². The SMILES string of the molecule is C[C@@]12CC[C@@](CCOc3ccccc3)(O1)c1c2c(O)n(-c2ccc(C#N)c(C(F)(F)F)c2)c1O. The molecule has 0 unspecified atom stereocenters. The molecule has 2 aromatic carbocycles. The number of rotatable bonds is 5. The highest BCUT2D eigenvalue weighted by Crippen LogP contribution is 2.65. The van der Waals surface area contributed by atoms with Crippen molar-refractivity contribution in [3.05, 3.63) is 70.8 Å². The Morgan fingerprint density at radius 3 is 2.47 bits per heavy atom. The van der Waals surface area contributed by atoms with Gasteiger partial charge in [-0.3, -0.25) is 4.57 Å². The molecule has 6 nitrogen and oxygen atoms in total. The van der Waals surface area contributed by atoms with Gasteiger partial charge in [0.2, 0.25) is 11.8 Å². The Morgan fingerprint density at radius 2 is 1.79 bits per heavy atom. The molecule has 2 aliphatic heterocycles. The summed E-state index contributed by atoms with van der Waals surface area (Å²) in [6.07, 6.45) is -3.26. The molecule has 0 aliphatic carbocycles. The lowest BCUT2D eigenvalue weighted by atomic mass is 9.78. The van der Waals surface area contributed by atoms with Gasteiger partial charge in [0, 0.05) is 6.42 Å². The molecule has 3 heterocycles. The van der Waals surface area contributed by atoms with Gasteiger partial charge in [-0.15, -0.1) is 0 Å². The van der Waals surface area contributed by atoms with E-state index in [4.69, 9.17) is 14.7 Å². The number of hydrogen-bond acceptors (Lipinski definition) is 5. The quantitative estimate of drug-likeness (QED) is 0.516. The monoisotopic (exact) mass is 470 g/mol. The maximum Gasteiger partial charge on any atom is 0.417 e. The van der Waals surface area contributed by atoms with Crippen LogP contribution in [0.4, 0.5) is 13.2 Å². The summed E-state index contributed by atoms with van der Waals surface area (Å²) in [5.41, 5.74) is -2.88. The third-order valence-electron chi connectivity index (χ3n) is 6.74. The number of halogens is 3. The topological polar surface area (TPSA) is 87.6 Å². The van der Waals surface area contributed by atoms with E-state index in [0.717, 1.165) is 16.7 Å². The molecule has 176 valence electrons. The molecule has 34 heavy (non-hydrogen) atoms. The Bertz CT molecular complexity index is 1310. The fourth-order valence-electron chi connectivity index (χ4n) is 5.21. The van der Waals surface area contributed by atoms with Gasteiger partial charge in [-0.25, -0.2) is 0 Å². The van der Waals surface area contributed by atoms with E-state index in [9.17, 15) is 23.4 Å². The second-order valence-electron chi connectivity index (χ2n) is 8.81. The molecule has 0 saturated carbocycles. The largest absolute Gasteiger partial charge is 0.494 e. The van der Waals surface area contributed by atoms with Gasteiger partial charge in [-0.1, -0.05) is 18.2 Å². The number of fused-ring (bicyclic) bond motifs is 5. The molecule has 2 aliphatic rings. The smallest absolute Gasteiger partial charge is 0.417 e. The van der Waals surface area contributed by atoms with Crippen molar-refractivity contribution < 1.29 is 32.9 Å². The van der Waals surface area contributed by atoms with Gasteiger partial charge in [0.25, 0.3) is 0 Å². The van der Waals surface area contributed by atoms with Gasteiger partial charge in [0.1, 0.15) is 11.4 Å². The van der Waals surface area contributed by atoms with Gasteiger partial charge < -0.3 is 19.7 Å². The van der Waals surface area contributed by atoms with E-state index in [2.05, 4.69) is 0 Å². The van der Waals surface area contributed by atoms with Crippen LogP contribution >= 0.6 is 0 Å². The number of nitriles is 1. The van der Waals surface area contributed by atoms with E-state index >= 15 is 0 Å². The van der Waals surface area contributed by atoms with Crippen LogP contribution in [0.5, 0.6) is 17.5 Å². The summed E-state index contributed by atoms with van der Waals surface area (Å²) in [6, 6.07) is 13.8. The van der Waals surface area contributed by atoms with Crippen LogP contribution in [0.1, 0.15) is 48.4 Å². The van der Waals surface area contributed by atoms with Crippen molar-refractivity contribution >= 4 is 0 Å². The van der Waals surface area contributed by atoms with Crippen molar-refractivity contribution in [1.29, 1.82) is 5.26 Å². The van der Waals surface area contributed by atoms with Crippen LogP contribution in [-0.2, 0) is 22.1 Å². The van der Waals surface area contributed by atoms with Crippen LogP contribution in [0, 0.1) is 11.3 Å². The van der Waals surface area contributed by atoms with Gasteiger partial charge in [0.05, 0.1) is 46.2 Å². The van der Waals surface area contributed by atoms with E-state index < -0.39 is 28.5 Å². The first-order valence-electron chi connectivity index (χ1n) is 10.8. The summed E-state index contributed by atoms with van der Waals surface area (Å²) in [5.74, 6) is -0.0772. The van der Waals surface area contributed by atoms with E-state index in [1.54, 1.807) is 6.92 Å². The highest BCUT2D eigenvalue weighted by atomic mass is 19.4. The van der Waals surface area contributed by atoms with Crippen molar-refractivity contribution in [3.63, 3.8) is 0 Å². The normalized spacial score (nSPS) is 23.0. The molecule has 0 radical (unpaired) electrons. The van der Waals surface area contributed by atoms with Crippen LogP contribution in [0.15, 0.2) is 48.5 Å². The maximum atomic E-state index is 13.5. The number of nitrogens with zero attached hydrogens (tertiary/aromatic N) is 2. The summed E-state index contributed by atoms with van der Waals surface area (Å²) in [4.78, 5) is 0. The lowest BCUT2D eigenvalue weighted by Crippen LogP contribution is -2.25. The molecule has 2 N–H and O–H groups in total. The highest BCUT2D eigenvalue weighted by molar-refractivity contribution is 5.62. The minimum absolute atomic E-state index is 0.102. The predicted molar refractivity (Wildman–Crippen MR) is 115 cm³/mol. The first-order valence-corrected chi connectivity index (χ1v) is 10.8. The zero-order chi connectivity index (χ0) is 24.3. The van der Waals surface area contributed by atoms with Crippen molar-refractivity contribution in [2.24, 2.45) is 0 Å². The molecule has 2 bridgehead atoms. The third kappa shape index (κ3) is 3.21. The number of aromatic nitrogens is 1. The van der Waals surface area contributed by atoms with Crippen molar-refractivity contribution in [1.82, 2.24) is 4.57 Å². The fraction of sp³-hybridized carbons (Fsp3) is 0.320. The Labute approximate surface area is 193 Å². The minimum atomic E-state index is -4.77. The molecule has 0 amide bonds. The van der Waals surface area contributed by atoms with Crippen LogP contribution in [0.25, 0.3) is 5.69 Å². The minimum Gasteiger partial charge on any atom is -0.494 e. The van der Waals surface area contributed by atoms with E-state index in [1.165, 1.54) is 12.1 Å². The Hall–Kier alpha value is -3.64. The molecular formula is C25H21F3N2O4. The van der Waals surface area contributed by atoms with Crippen molar-refractivity contribution in [2.45, 2.75) is 43.6 Å². The molecule has 3 aromatic rings. The molecule has 5 rings (SSSR count). The summed E-state index contributed by atoms with van der Waals surface area (Å²) < 4.78 is 53.7. The zero-order valence-electron chi connectivity index (χ0n) is 18.2. The van der Waals surface area contributed by atoms with Crippen LogP contribution < -0.4 is 4.74 Å². The van der Waals surface area contributed by atoms with Gasteiger partial charge in [0.15, 0.2) is 0 Å². The van der Waals surface area contributed by atoms with Gasteiger partial charge in [-0.05, 0) is 50.1 Å². The molecular weight excluding hydrogens is 449 g/mol. The van der Waals surface area contributed by atoms with Gasteiger partial charge >= 0.3 is 6.18 Å². The summed E-state index contributed by atoms with van der Waals surface area (Å²) in [7, 11) is 0. The van der Waals surface area contributed by atoms with E-state index in [0.29, 0.717) is 36.1 Å². The van der Waals surface area contributed by atoms with E-state index in [1.807, 2.05) is 30.3 Å². The molecule has 2 atom stereocenters. The molecule has 9 heteroatoms. The summed E-state index contributed by atoms with van der Waals surface area (Å²) in [5, 5.41) is 31.3. The predicted octanol–water partition coefficient (Wildman–Crippen LogP) is 5.48. The lowest BCUT2D eigenvalue weighted by Gasteiger charge is -2.26. The second kappa shape index (κ2) is 7.43. The third-order valence-corrected chi connectivity index (χ3v) is 6.74. The van der Waals surface area contributed by atoms with E-state index in [-0.39, 0.29) is 24.1 Å². The molecule has 1 aromatic heterocycles. The maximum absolute atomic E-state index is 13.5. The summed E-state index contributed by atoms with van der Waals surface area (Å²) >= 11 is 0. The van der Waals surface area contributed by atoms with Crippen LogP contribution in [-0.4, -0.2) is 21.4 Å². The molecule has 1 saturated heterocycles. The average molecular weight is 470 g/mol. The van der Waals surface area contributed by atoms with Crippen molar-refractivity contribution in [2.75, 3.05) is 6.61 Å². The number of para-hydroxylation sites is 1. The number of benzene rings is 2. The first kappa shape index (κ1) is 22.2. The van der Waals surface area contributed by atoms with Gasteiger partial charge in [-0.2, -0.15) is 18.4 Å². The molecule has 1 fully saturated rings. The van der Waals surface area contributed by atoms with Crippen LogP contribution in [0.3, 0.4) is 0 Å². The second-order valence-corrected chi connectivity index (χ2v) is 8.81. The number of ether oxygens (including phenoxy) is 2. The summed E-state index contributed by atoms with van der Waals surface area (Å²) in [6.45, 7) is 2.07.